The Balaban J connectivity index is 1.63. The molecule has 9 heteroatoms. The minimum absolute atomic E-state index is 0.300. The summed E-state index contributed by atoms with van der Waals surface area (Å²) >= 11 is 7.19. The number of anilines is 1. The number of pyridine rings is 1. The van der Waals surface area contributed by atoms with Crippen molar-refractivity contribution in [1.82, 2.24) is 19.7 Å². The van der Waals surface area contributed by atoms with Gasteiger partial charge in [-0.1, -0.05) is 22.9 Å². The van der Waals surface area contributed by atoms with E-state index in [1.54, 1.807) is 16.9 Å². The van der Waals surface area contributed by atoms with Gasteiger partial charge < -0.3 is 4.74 Å². The van der Waals surface area contributed by atoms with Gasteiger partial charge in [0.25, 0.3) is 5.91 Å². The molecule has 0 unspecified atom stereocenters. The Labute approximate surface area is 140 Å². The first-order valence-corrected chi connectivity index (χ1v) is 8.25. The van der Waals surface area contributed by atoms with Gasteiger partial charge in [0.05, 0.1) is 16.8 Å². The first kappa shape index (κ1) is 14.4. The lowest BCUT2D eigenvalue weighted by Crippen LogP contribution is -2.16. The van der Waals surface area contributed by atoms with E-state index in [1.807, 2.05) is 6.92 Å². The van der Waals surface area contributed by atoms with Crippen molar-refractivity contribution >= 4 is 44.2 Å². The fourth-order valence-corrected chi connectivity index (χ4v) is 3.45. The molecule has 0 aromatic carbocycles. The average molecular weight is 350 g/mol. The quantitative estimate of drug-likeness (QED) is 0.719. The monoisotopic (exact) mass is 349 g/mol. The summed E-state index contributed by atoms with van der Waals surface area (Å²) in [6, 6.07) is 1.66. The molecule has 0 bridgehead atoms. The van der Waals surface area contributed by atoms with Gasteiger partial charge in [-0.25, -0.2) is 14.6 Å². The van der Waals surface area contributed by atoms with Crippen LogP contribution in [0.2, 0.25) is 5.15 Å². The highest BCUT2D eigenvalue weighted by Crippen LogP contribution is 2.29. The first-order valence-electron chi connectivity index (χ1n) is 7.05. The molecule has 4 heterocycles. The summed E-state index contributed by atoms with van der Waals surface area (Å²) in [5, 5.41) is 7.98. The van der Waals surface area contributed by atoms with E-state index in [2.05, 4.69) is 20.4 Å². The summed E-state index contributed by atoms with van der Waals surface area (Å²) < 4.78 is 8.17. The predicted octanol–water partition coefficient (Wildman–Crippen LogP) is 2.88. The smallest absolute Gasteiger partial charge is 0.278 e. The number of aromatic nitrogens is 4. The van der Waals surface area contributed by atoms with E-state index in [-0.39, 0.29) is 5.91 Å². The van der Waals surface area contributed by atoms with Gasteiger partial charge in [-0.05, 0) is 6.92 Å². The standard InChI is InChI=1S/C14H12ClN5O2S/c1-7-11(19-20-3-2-4-22-13(7)20)12(21)18-14-17-8-5-10(15)16-6-9(8)23-14/h5-6H,2-4H2,1H3,(H,17,18,21). The summed E-state index contributed by atoms with van der Waals surface area (Å²) in [5.41, 5.74) is 1.81. The van der Waals surface area contributed by atoms with Crippen LogP contribution < -0.4 is 10.1 Å². The Morgan fingerprint density at radius 2 is 2.39 bits per heavy atom. The molecule has 0 atom stereocenters. The number of thiazole rings is 1. The van der Waals surface area contributed by atoms with Crippen molar-refractivity contribution in [2.24, 2.45) is 0 Å². The highest BCUT2D eigenvalue weighted by atomic mass is 35.5. The molecular formula is C14H12ClN5O2S. The number of fused-ring (bicyclic) bond motifs is 2. The van der Waals surface area contributed by atoms with Gasteiger partial charge in [0.1, 0.15) is 5.15 Å². The third-order valence-corrected chi connectivity index (χ3v) is 4.69. The fourth-order valence-electron chi connectivity index (χ4n) is 2.49. The van der Waals surface area contributed by atoms with Gasteiger partial charge in [0.2, 0.25) is 5.88 Å². The van der Waals surface area contributed by atoms with Crippen LogP contribution in [0, 0.1) is 6.92 Å². The molecule has 0 radical (unpaired) electrons. The van der Waals surface area contributed by atoms with Crippen LogP contribution in [-0.2, 0) is 6.54 Å². The van der Waals surface area contributed by atoms with Gasteiger partial charge in [-0.15, -0.1) is 0 Å². The maximum atomic E-state index is 12.5. The van der Waals surface area contributed by atoms with Gasteiger partial charge in [0.15, 0.2) is 10.8 Å². The van der Waals surface area contributed by atoms with Crippen LogP contribution in [-0.4, -0.2) is 32.3 Å². The molecular weight excluding hydrogens is 338 g/mol. The highest BCUT2D eigenvalue weighted by Gasteiger charge is 2.23. The first-order chi connectivity index (χ1) is 11.1. The average Bonchev–Trinajstić information content (AvgIpc) is 3.08. The normalized spacial score (nSPS) is 13.7. The molecule has 1 aliphatic heterocycles. The fraction of sp³-hybridized carbons (Fsp3) is 0.286. The molecule has 1 aliphatic rings. The topological polar surface area (TPSA) is 81.9 Å². The summed E-state index contributed by atoms with van der Waals surface area (Å²) in [6.45, 7) is 3.25. The summed E-state index contributed by atoms with van der Waals surface area (Å²) in [5.74, 6) is 0.368. The summed E-state index contributed by atoms with van der Waals surface area (Å²) in [6.07, 6.45) is 2.53. The highest BCUT2D eigenvalue weighted by molar-refractivity contribution is 7.22. The van der Waals surface area contributed by atoms with Crippen molar-refractivity contribution in [2.45, 2.75) is 19.9 Å². The van der Waals surface area contributed by atoms with Crippen molar-refractivity contribution in [2.75, 3.05) is 11.9 Å². The molecule has 118 valence electrons. The molecule has 0 aliphatic carbocycles. The SMILES string of the molecule is Cc1c(C(=O)Nc2nc3cc(Cl)ncc3s2)nn2c1OCCC2. The maximum Gasteiger partial charge on any atom is 0.278 e. The third kappa shape index (κ3) is 2.53. The van der Waals surface area contributed by atoms with Crippen molar-refractivity contribution in [3.05, 3.63) is 28.7 Å². The van der Waals surface area contributed by atoms with E-state index in [1.165, 1.54) is 11.3 Å². The number of carbonyl (C=O) groups is 1. The zero-order chi connectivity index (χ0) is 16.0. The molecule has 0 spiro atoms. The summed E-state index contributed by atoms with van der Waals surface area (Å²) in [7, 11) is 0. The number of amides is 1. The van der Waals surface area contributed by atoms with Gasteiger partial charge in [0, 0.05) is 30.8 Å². The number of carbonyl (C=O) groups excluding carboxylic acids is 1. The lowest BCUT2D eigenvalue weighted by atomic mass is 10.2. The molecule has 0 saturated heterocycles. The zero-order valence-corrected chi connectivity index (χ0v) is 13.7. The van der Waals surface area contributed by atoms with Crippen LogP contribution in [0.4, 0.5) is 5.13 Å². The van der Waals surface area contributed by atoms with Crippen LogP contribution in [0.25, 0.3) is 10.2 Å². The van der Waals surface area contributed by atoms with Crippen molar-refractivity contribution < 1.29 is 9.53 Å². The number of nitrogens with zero attached hydrogens (tertiary/aromatic N) is 4. The lowest BCUT2D eigenvalue weighted by Gasteiger charge is -2.14. The van der Waals surface area contributed by atoms with E-state index in [0.29, 0.717) is 34.0 Å². The van der Waals surface area contributed by atoms with Crippen LogP contribution in [0.5, 0.6) is 5.88 Å². The predicted molar refractivity (Wildman–Crippen MR) is 87.5 cm³/mol. The van der Waals surface area contributed by atoms with Crippen LogP contribution in [0.3, 0.4) is 0 Å². The molecule has 1 N–H and O–H groups in total. The maximum absolute atomic E-state index is 12.5. The Hall–Kier alpha value is -2.19. The van der Waals surface area contributed by atoms with E-state index in [4.69, 9.17) is 16.3 Å². The van der Waals surface area contributed by atoms with E-state index in [0.717, 1.165) is 23.2 Å². The number of halogens is 1. The van der Waals surface area contributed by atoms with Crippen LogP contribution in [0.1, 0.15) is 22.5 Å². The lowest BCUT2D eigenvalue weighted by molar-refractivity contribution is 0.102. The number of hydrogen-bond acceptors (Lipinski definition) is 6. The van der Waals surface area contributed by atoms with Crippen molar-refractivity contribution in [3.63, 3.8) is 0 Å². The number of ether oxygens (including phenoxy) is 1. The van der Waals surface area contributed by atoms with Gasteiger partial charge in [-0.2, -0.15) is 5.10 Å². The number of rotatable bonds is 2. The van der Waals surface area contributed by atoms with Crippen molar-refractivity contribution in [3.8, 4) is 5.88 Å². The Morgan fingerprint density at radius 1 is 1.52 bits per heavy atom. The molecule has 4 rings (SSSR count). The summed E-state index contributed by atoms with van der Waals surface area (Å²) in [4.78, 5) is 20.8. The minimum atomic E-state index is -0.300. The minimum Gasteiger partial charge on any atom is -0.478 e. The van der Waals surface area contributed by atoms with E-state index < -0.39 is 0 Å². The van der Waals surface area contributed by atoms with Crippen LogP contribution in [0.15, 0.2) is 12.3 Å². The molecule has 3 aromatic rings. The molecule has 0 fully saturated rings. The second-order valence-electron chi connectivity index (χ2n) is 5.15. The second kappa shape index (κ2) is 5.47. The third-order valence-electron chi connectivity index (χ3n) is 3.56. The van der Waals surface area contributed by atoms with Gasteiger partial charge in [-0.3, -0.25) is 10.1 Å². The van der Waals surface area contributed by atoms with Crippen LogP contribution >= 0.6 is 22.9 Å². The van der Waals surface area contributed by atoms with E-state index in [9.17, 15) is 4.79 Å². The number of hydrogen-bond donors (Lipinski definition) is 1. The molecule has 1 amide bonds. The Bertz CT molecular complexity index is 919. The van der Waals surface area contributed by atoms with Gasteiger partial charge >= 0.3 is 0 Å². The molecule has 3 aromatic heterocycles. The number of aryl methyl sites for hydroxylation is 1. The molecule has 7 nitrogen and oxygen atoms in total. The Morgan fingerprint density at radius 3 is 3.22 bits per heavy atom. The zero-order valence-electron chi connectivity index (χ0n) is 12.2. The second-order valence-corrected chi connectivity index (χ2v) is 6.57. The largest absolute Gasteiger partial charge is 0.478 e. The van der Waals surface area contributed by atoms with E-state index >= 15 is 0 Å². The van der Waals surface area contributed by atoms with Crippen molar-refractivity contribution in [1.29, 1.82) is 0 Å². The molecule has 0 saturated carbocycles. The number of nitrogens with one attached hydrogen (secondary N) is 1. The molecule has 23 heavy (non-hydrogen) atoms. The Kier molecular flexibility index (Phi) is 3.42.